The molecule has 1 aliphatic carbocycles. The highest BCUT2D eigenvalue weighted by Crippen LogP contribution is 2.26. The average Bonchev–Trinajstić information content (AvgIpc) is 2.87. The number of hydrogen-bond acceptors (Lipinski definition) is 4. The van der Waals surface area contributed by atoms with E-state index in [4.69, 9.17) is 5.73 Å². The standard InChI is InChI=1S/C11H15N3O2S/c12-9(15)5-8-6-17-11(13-8)14-10(16)7-3-1-2-4-7/h6-7H,1-5H2,(H2,12,15)(H,13,14,16). The van der Waals surface area contributed by atoms with Gasteiger partial charge < -0.3 is 11.1 Å². The molecule has 1 aromatic rings. The smallest absolute Gasteiger partial charge is 0.229 e. The molecule has 1 aromatic heterocycles. The number of nitrogens with two attached hydrogens (primary N) is 1. The van der Waals surface area contributed by atoms with Crippen LogP contribution in [-0.4, -0.2) is 16.8 Å². The van der Waals surface area contributed by atoms with Crippen molar-refractivity contribution in [1.29, 1.82) is 0 Å². The Morgan fingerprint density at radius 2 is 2.18 bits per heavy atom. The molecule has 1 heterocycles. The third-order valence-corrected chi connectivity index (χ3v) is 3.67. The highest BCUT2D eigenvalue weighted by molar-refractivity contribution is 7.13. The predicted molar refractivity (Wildman–Crippen MR) is 65.6 cm³/mol. The van der Waals surface area contributed by atoms with E-state index in [0.717, 1.165) is 25.7 Å². The van der Waals surface area contributed by atoms with Gasteiger partial charge in [0.25, 0.3) is 0 Å². The normalized spacial score (nSPS) is 16.0. The lowest BCUT2D eigenvalue weighted by molar-refractivity contribution is -0.119. The maximum Gasteiger partial charge on any atom is 0.229 e. The molecule has 0 unspecified atom stereocenters. The van der Waals surface area contributed by atoms with E-state index in [1.807, 2.05) is 0 Å². The van der Waals surface area contributed by atoms with Gasteiger partial charge in [-0.05, 0) is 12.8 Å². The van der Waals surface area contributed by atoms with E-state index >= 15 is 0 Å². The van der Waals surface area contributed by atoms with E-state index in [2.05, 4.69) is 10.3 Å². The van der Waals surface area contributed by atoms with Crippen LogP contribution in [0.5, 0.6) is 0 Å². The van der Waals surface area contributed by atoms with E-state index in [1.165, 1.54) is 11.3 Å². The van der Waals surface area contributed by atoms with E-state index in [1.54, 1.807) is 5.38 Å². The van der Waals surface area contributed by atoms with Gasteiger partial charge in [-0.25, -0.2) is 4.98 Å². The van der Waals surface area contributed by atoms with E-state index in [-0.39, 0.29) is 18.2 Å². The first-order chi connectivity index (χ1) is 8.15. The lowest BCUT2D eigenvalue weighted by atomic mass is 10.1. The van der Waals surface area contributed by atoms with E-state index < -0.39 is 5.91 Å². The Morgan fingerprint density at radius 3 is 2.82 bits per heavy atom. The Balaban J connectivity index is 1.91. The first-order valence-corrected chi connectivity index (χ1v) is 6.56. The van der Waals surface area contributed by atoms with Crippen LogP contribution in [0.15, 0.2) is 5.38 Å². The molecule has 1 aliphatic rings. The number of anilines is 1. The summed E-state index contributed by atoms with van der Waals surface area (Å²) in [6, 6.07) is 0. The van der Waals surface area contributed by atoms with Crippen molar-refractivity contribution in [2.24, 2.45) is 11.7 Å². The van der Waals surface area contributed by atoms with Gasteiger partial charge >= 0.3 is 0 Å². The molecule has 2 amide bonds. The second kappa shape index (κ2) is 5.27. The molecule has 1 fully saturated rings. The molecule has 2 rings (SSSR count). The number of primary amides is 1. The number of thiazole rings is 1. The molecule has 0 bridgehead atoms. The van der Waals surface area contributed by atoms with Crippen molar-refractivity contribution in [3.05, 3.63) is 11.1 Å². The Kier molecular flexibility index (Phi) is 3.73. The number of nitrogens with zero attached hydrogens (tertiary/aromatic N) is 1. The molecule has 0 aromatic carbocycles. The van der Waals surface area contributed by atoms with Crippen LogP contribution in [0.1, 0.15) is 31.4 Å². The van der Waals surface area contributed by atoms with Crippen LogP contribution >= 0.6 is 11.3 Å². The van der Waals surface area contributed by atoms with Crippen molar-refractivity contribution in [3.63, 3.8) is 0 Å². The molecule has 92 valence electrons. The van der Waals surface area contributed by atoms with Crippen molar-refractivity contribution >= 4 is 28.3 Å². The maximum absolute atomic E-state index is 11.8. The van der Waals surface area contributed by atoms with E-state index in [0.29, 0.717) is 10.8 Å². The number of amides is 2. The Labute approximate surface area is 103 Å². The molecular weight excluding hydrogens is 238 g/mol. The Morgan fingerprint density at radius 1 is 1.47 bits per heavy atom. The molecule has 0 spiro atoms. The maximum atomic E-state index is 11.8. The number of rotatable bonds is 4. The fraction of sp³-hybridized carbons (Fsp3) is 0.545. The van der Waals surface area contributed by atoms with Crippen molar-refractivity contribution in [2.75, 3.05) is 5.32 Å². The summed E-state index contributed by atoms with van der Waals surface area (Å²) in [6.45, 7) is 0. The SMILES string of the molecule is NC(=O)Cc1csc(NC(=O)C2CCCC2)n1. The van der Waals surface area contributed by atoms with Gasteiger partial charge in [0.2, 0.25) is 11.8 Å². The minimum atomic E-state index is -0.413. The molecule has 17 heavy (non-hydrogen) atoms. The van der Waals surface area contributed by atoms with Gasteiger partial charge in [-0.3, -0.25) is 9.59 Å². The molecule has 0 radical (unpaired) electrons. The summed E-state index contributed by atoms with van der Waals surface area (Å²) in [6.07, 6.45) is 4.30. The van der Waals surface area contributed by atoms with Crippen LogP contribution < -0.4 is 11.1 Å². The van der Waals surface area contributed by atoms with Crippen LogP contribution in [0.3, 0.4) is 0 Å². The van der Waals surface area contributed by atoms with Gasteiger partial charge in [-0.15, -0.1) is 11.3 Å². The largest absolute Gasteiger partial charge is 0.369 e. The first-order valence-electron chi connectivity index (χ1n) is 5.68. The number of hydrogen-bond donors (Lipinski definition) is 2. The second-order valence-corrected chi connectivity index (χ2v) is 5.12. The average molecular weight is 253 g/mol. The van der Waals surface area contributed by atoms with Crippen LogP contribution in [0, 0.1) is 5.92 Å². The van der Waals surface area contributed by atoms with Crippen LogP contribution in [0.4, 0.5) is 5.13 Å². The molecule has 3 N–H and O–H groups in total. The van der Waals surface area contributed by atoms with Crippen LogP contribution in [0.2, 0.25) is 0 Å². The lowest BCUT2D eigenvalue weighted by Gasteiger charge is -2.07. The third kappa shape index (κ3) is 3.26. The summed E-state index contributed by atoms with van der Waals surface area (Å²) in [4.78, 5) is 26.7. The fourth-order valence-corrected chi connectivity index (χ4v) is 2.73. The highest BCUT2D eigenvalue weighted by Gasteiger charge is 2.23. The van der Waals surface area contributed by atoms with Gasteiger partial charge in [-0.2, -0.15) is 0 Å². The number of aromatic nitrogens is 1. The van der Waals surface area contributed by atoms with Crippen LogP contribution in [-0.2, 0) is 16.0 Å². The number of carbonyl (C=O) groups excluding carboxylic acids is 2. The Bertz CT molecular complexity index is 424. The summed E-state index contributed by atoms with van der Waals surface area (Å²) in [5.74, 6) is -0.245. The zero-order valence-corrected chi connectivity index (χ0v) is 10.3. The second-order valence-electron chi connectivity index (χ2n) is 4.26. The predicted octanol–water partition coefficient (Wildman–Crippen LogP) is 1.30. The molecule has 6 heteroatoms. The molecule has 0 atom stereocenters. The molecule has 0 saturated heterocycles. The van der Waals surface area contributed by atoms with Crippen molar-refractivity contribution in [3.8, 4) is 0 Å². The van der Waals surface area contributed by atoms with Gasteiger partial charge in [0.05, 0.1) is 12.1 Å². The zero-order chi connectivity index (χ0) is 12.3. The molecule has 0 aliphatic heterocycles. The summed E-state index contributed by atoms with van der Waals surface area (Å²) in [5, 5.41) is 5.09. The molecule has 5 nitrogen and oxygen atoms in total. The topological polar surface area (TPSA) is 85.1 Å². The van der Waals surface area contributed by atoms with Gasteiger partial charge in [-0.1, -0.05) is 12.8 Å². The third-order valence-electron chi connectivity index (χ3n) is 2.86. The monoisotopic (exact) mass is 253 g/mol. The van der Waals surface area contributed by atoms with Gasteiger partial charge in [0.1, 0.15) is 0 Å². The summed E-state index contributed by atoms with van der Waals surface area (Å²) < 4.78 is 0. The minimum Gasteiger partial charge on any atom is -0.369 e. The Hall–Kier alpha value is -1.43. The molecule has 1 saturated carbocycles. The van der Waals surface area contributed by atoms with Gasteiger partial charge in [0.15, 0.2) is 5.13 Å². The summed E-state index contributed by atoms with van der Waals surface area (Å²) >= 11 is 1.33. The number of carbonyl (C=O) groups is 2. The molecular formula is C11H15N3O2S. The highest BCUT2D eigenvalue weighted by atomic mass is 32.1. The van der Waals surface area contributed by atoms with Gasteiger partial charge in [0, 0.05) is 11.3 Å². The number of nitrogens with one attached hydrogen (secondary N) is 1. The van der Waals surface area contributed by atoms with Crippen LogP contribution in [0.25, 0.3) is 0 Å². The zero-order valence-electron chi connectivity index (χ0n) is 9.44. The lowest BCUT2D eigenvalue weighted by Crippen LogP contribution is -2.20. The van der Waals surface area contributed by atoms with Crippen molar-refractivity contribution < 1.29 is 9.59 Å². The van der Waals surface area contributed by atoms with E-state index in [9.17, 15) is 9.59 Å². The summed E-state index contributed by atoms with van der Waals surface area (Å²) in [5.41, 5.74) is 5.69. The van der Waals surface area contributed by atoms with Crippen molar-refractivity contribution in [1.82, 2.24) is 4.98 Å². The van der Waals surface area contributed by atoms with Crippen molar-refractivity contribution in [2.45, 2.75) is 32.1 Å². The summed E-state index contributed by atoms with van der Waals surface area (Å²) in [7, 11) is 0. The first kappa shape index (κ1) is 12.0. The quantitative estimate of drug-likeness (QED) is 0.848. The minimum absolute atomic E-state index is 0.0440. The fourth-order valence-electron chi connectivity index (χ4n) is 2.02.